The summed E-state index contributed by atoms with van der Waals surface area (Å²) < 4.78 is 6.35. The average Bonchev–Trinajstić information content (AvgIpc) is 2.84. The van der Waals surface area contributed by atoms with Gasteiger partial charge in [0.25, 0.3) is 0 Å². The van der Waals surface area contributed by atoms with Gasteiger partial charge in [0.1, 0.15) is 0 Å². The molecule has 1 aliphatic rings. The van der Waals surface area contributed by atoms with Crippen molar-refractivity contribution in [2.24, 2.45) is 5.92 Å². The number of rotatable bonds is 4. The van der Waals surface area contributed by atoms with E-state index < -0.39 is 0 Å². The predicted octanol–water partition coefficient (Wildman–Crippen LogP) is 3.62. The zero-order valence-corrected chi connectivity index (χ0v) is 12.2. The quantitative estimate of drug-likeness (QED) is 0.915. The minimum absolute atomic E-state index is 0.493. The van der Waals surface area contributed by atoms with Gasteiger partial charge in [0, 0.05) is 23.7 Å². The summed E-state index contributed by atoms with van der Waals surface area (Å²) in [5, 5.41) is 4.30. The average molecular weight is 319 g/mol. The number of hydrogen-bond donors (Lipinski definition) is 1. The monoisotopic (exact) mass is 317 g/mol. The van der Waals surface area contributed by atoms with Crippen molar-refractivity contribution in [3.8, 4) is 0 Å². The fourth-order valence-electron chi connectivity index (χ4n) is 2.04. The molecule has 17 heavy (non-hydrogen) atoms. The van der Waals surface area contributed by atoms with Crippen molar-refractivity contribution in [3.63, 3.8) is 0 Å². The highest BCUT2D eigenvalue weighted by molar-refractivity contribution is 9.10. The van der Waals surface area contributed by atoms with Gasteiger partial charge >= 0.3 is 0 Å². The van der Waals surface area contributed by atoms with Crippen LogP contribution in [0.25, 0.3) is 0 Å². The molecule has 2 nitrogen and oxygen atoms in total. The van der Waals surface area contributed by atoms with E-state index in [0.29, 0.717) is 12.0 Å². The van der Waals surface area contributed by atoms with E-state index in [-0.39, 0.29) is 0 Å². The van der Waals surface area contributed by atoms with Crippen LogP contribution in [0.4, 0.5) is 0 Å². The van der Waals surface area contributed by atoms with Crippen molar-refractivity contribution in [1.82, 2.24) is 5.32 Å². The number of benzene rings is 1. The summed E-state index contributed by atoms with van der Waals surface area (Å²) in [6.45, 7) is 4.89. The molecule has 1 saturated heterocycles. The number of halogens is 2. The molecular formula is C13H17BrClNO. The Morgan fingerprint density at radius 1 is 1.59 bits per heavy atom. The zero-order valence-electron chi connectivity index (χ0n) is 9.88. The predicted molar refractivity (Wildman–Crippen MR) is 74.4 cm³/mol. The van der Waals surface area contributed by atoms with Gasteiger partial charge in [0.15, 0.2) is 0 Å². The fraction of sp³-hybridized carbons (Fsp3) is 0.538. The maximum Gasteiger partial charge on any atom is 0.0548 e. The van der Waals surface area contributed by atoms with Crippen molar-refractivity contribution in [1.29, 1.82) is 0 Å². The summed E-state index contributed by atoms with van der Waals surface area (Å²) in [6, 6.07) is 6.53. The Labute approximate surface area is 116 Å². The number of ether oxygens (including phenoxy) is 1. The highest BCUT2D eigenvalue weighted by Gasteiger charge is 2.21. The van der Waals surface area contributed by atoms with Crippen LogP contribution in [0.3, 0.4) is 0 Å². The lowest BCUT2D eigenvalue weighted by Gasteiger charge is -2.19. The molecular weight excluding hydrogens is 302 g/mol. The first-order chi connectivity index (χ1) is 8.16. The Morgan fingerprint density at radius 3 is 3.06 bits per heavy atom. The van der Waals surface area contributed by atoms with Crippen LogP contribution in [-0.4, -0.2) is 19.3 Å². The Bertz CT molecular complexity index is 380. The molecule has 1 aromatic carbocycles. The van der Waals surface area contributed by atoms with E-state index in [1.807, 2.05) is 6.07 Å². The lowest BCUT2D eigenvalue weighted by molar-refractivity contribution is 0.178. The molecule has 0 aromatic heterocycles. The van der Waals surface area contributed by atoms with Gasteiger partial charge in [-0.1, -0.05) is 17.7 Å². The van der Waals surface area contributed by atoms with Crippen molar-refractivity contribution in [3.05, 3.63) is 33.3 Å². The summed E-state index contributed by atoms with van der Waals surface area (Å²) in [5.74, 6) is 0.644. The molecule has 2 rings (SSSR count). The van der Waals surface area contributed by atoms with Gasteiger partial charge in [-0.05, 0) is 52.9 Å². The maximum atomic E-state index is 5.96. The van der Waals surface area contributed by atoms with Crippen LogP contribution in [0, 0.1) is 5.92 Å². The second-order valence-electron chi connectivity index (χ2n) is 4.54. The summed E-state index contributed by atoms with van der Waals surface area (Å²) in [7, 11) is 0. The highest BCUT2D eigenvalue weighted by atomic mass is 79.9. The Morgan fingerprint density at radius 2 is 2.41 bits per heavy atom. The summed E-state index contributed by atoms with van der Waals surface area (Å²) in [4.78, 5) is 0. The van der Waals surface area contributed by atoms with Crippen LogP contribution in [0.5, 0.6) is 0 Å². The molecule has 0 bridgehead atoms. The highest BCUT2D eigenvalue weighted by Crippen LogP contribution is 2.23. The molecule has 0 radical (unpaired) electrons. The zero-order chi connectivity index (χ0) is 12.3. The summed E-state index contributed by atoms with van der Waals surface area (Å²) >= 11 is 9.40. The van der Waals surface area contributed by atoms with Crippen LogP contribution in [0.2, 0.25) is 5.02 Å². The first kappa shape index (κ1) is 13.3. The van der Waals surface area contributed by atoms with E-state index in [1.54, 1.807) is 0 Å². The van der Waals surface area contributed by atoms with Crippen LogP contribution in [-0.2, 0) is 11.3 Å². The molecule has 1 fully saturated rings. The molecule has 2 atom stereocenters. The lowest BCUT2D eigenvalue weighted by atomic mass is 10.0. The van der Waals surface area contributed by atoms with Crippen molar-refractivity contribution < 1.29 is 4.74 Å². The summed E-state index contributed by atoms with van der Waals surface area (Å²) in [6.07, 6.45) is 1.17. The maximum absolute atomic E-state index is 5.96. The molecule has 1 aliphatic heterocycles. The van der Waals surface area contributed by atoms with Gasteiger partial charge in [0.05, 0.1) is 11.6 Å². The van der Waals surface area contributed by atoms with E-state index in [0.717, 1.165) is 29.3 Å². The molecule has 0 spiro atoms. The van der Waals surface area contributed by atoms with Crippen LogP contribution in [0.15, 0.2) is 22.7 Å². The first-order valence-corrected chi connectivity index (χ1v) is 7.09. The van der Waals surface area contributed by atoms with Gasteiger partial charge in [-0.25, -0.2) is 0 Å². The molecule has 2 unspecified atom stereocenters. The number of nitrogens with one attached hydrogen (secondary N) is 1. The number of hydrogen-bond acceptors (Lipinski definition) is 2. The fourth-order valence-corrected chi connectivity index (χ4v) is 2.59. The van der Waals surface area contributed by atoms with Crippen molar-refractivity contribution in [2.75, 3.05) is 13.2 Å². The Hall–Kier alpha value is -0.0900. The van der Waals surface area contributed by atoms with Gasteiger partial charge in [-0.15, -0.1) is 0 Å². The van der Waals surface area contributed by atoms with Crippen molar-refractivity contribution >= 4 is 27.5 Å². The van der Waals surface area contributed by atoms with E-state index in [4.69, 9.17) is 16.3 Å². The topological polar surface area (TPSA) is 21.3 Å². The second-order valence-corrected chi connectivity index (χ2v) is 5.80. The normalized spacial score (nSPS) is 21.7. The second kappa shape index (κ2) is 6.19. The standard InChI is InChI=1S/C13H17BrClNO/c1-9(11-4-5-17-8-11)16-7-10-2-3-13(15)12(14)6-10/h2-3,6,9,11,16H,4-5,7-8H2,1H3. The third-order valence-electron chi connectivity index (χ3n) is 3.28. The Balaban J connectivity index is 1.86. The molecule has 1 aromatic rings. The molecule has 0 amide bonds. The largest absolute Gasteiger partial charge is 0.381 e. The molecule has 1 N–H and O–H groups in total. The molecule has 4 heteroatoms. The van der Waals surface area contributed by atoms with Crippen LogP contribution < -0.4 is 5.32 Å². The van der Waals surface area contributed by atoms with Crippen LogP contribution in [0.1, 0.15) is 18.9 Å². The SMILES string of the molecule is CC(NCc1ccc(Cl)c(Br)c1)C1CCOC1. The van der Waals surface area contributed by atoms with Gasteiger partial charge in [-0.3, -0.25) is 0 Å². The van der Waals surface area contributed by atoms with Crippen LogP contribution >= 0.6 is 27.5 Å². The molecule has 94 valence electrons. The minimum Gasteiger partial charge on any atom is -0.381 e. The lowest BCUT2D eigenvalue weighted by Crippen LogP contribution is -2.33. The smallest absolute Gasteiger partial charge is 0.0548 e. The van der Waals surface area contributed by atoms with Crippen molar-refractivity contribution in [2.45, 2.75) is 25.9 Å². The third kappa shape index (κ3) is 3.68. The van der Waals surface area contributed by atoms with E-state index in [2.05, 4.69) is 40.3 Å². The molecule has 1 heterocycles. The Kier molecular flexibility index (Phi) is 4.86. The molecule has 0 aliphatic carbocycles. The van der Waals surface area contributed by atoms with E-state index >= 15 is 0 Å². The first-order valence-electron chi connectivity index (χ1n) is 5.92. The third-order valence-corrected chi connectivity index (χ3v) is 4.50. The van der Waals surface area contributed by atoms with Gasteiger partial charge in [-0.2, -0.15) is 0 Å². The van der Waals surface area contributed by atoms with E-state index in [1.165, 1.54) is 12.0 Å². The molecule has 0 saturated carbocycles. The van der Waals surface area contributed by atoms with E-state index in [9.17, 15) is 0 Å². The van der Waals surface area contributed by atoms with Gasteiger partial charge in [0.2, 0.25) is 0 Å². The summed E-state index contributed by atoms with van der Waals surface area (Å²) in [5.41, 5.74) is 1.24. The minimum atomic E-state index is 0.493. The van der Waals surface area contributed by atoms with Gasteiger partial charge < -0.3 is 10.1 Å².